The maximum atomic E-state index is 12.7. The van der Waals surface area contributed by atoms with E-state index in [2.05, 4.69) is 48.7 Å². The number of para-hydroxylation sites is 1. The number of primary amides is 4. The second-order valence-corrected chi connectivity index (χ2v) is 31.5. The predicted molar refractivity (Wildman–Crippen MR) is 491 cm³/mol. The summed E-state index contributed by atoms with van der Waals surface area (Å²) in [7, 11) is 0. The van der Waals surface area contributed by atoms with Gasteiger partial charge < -0.3 is 72.2 Å². The second kappa shape index (κ2) is 40.4. The number of nitrogens with two attached hydrogens (primary N) is 8. The van der Waals surface area contributed by atoms with E-state index >= 15 is 0 Å². The molecule has 1 fully saturated rings. The van der Waals surface area contributed by atoms with Crippen molar-refractivity contribution in [2.45, 2.75) is 117 Å². The number of benzene rings is 10. The molecule has 0 saturated heterocycles. The van der Waals surface area contributed by atoms with Crippen LogP contribution in [-0.4, -0.2) is 104 Å². The Bertz CT molecular complexity index is 6540. The number of fused-ring (bicyclic) bond motifs is 1. The zero-order valence-corrected chi connectivity index (χ0v) is 71.5. The molecule has 3 atom stereocenters. The Balaban J connectivity index is 0.000000148. The van der Waals surface area contributed by atoms with Crippen LogP contribution in [0.25, 0.3) is 50.7 Å². The Kier molecular flexibility index (Phi) is 28.4. The van der Waals surface area contributed by atoms with Gasteiger partial charge in [0, 0.05) is 70.7 Å². The summed E-state index contributed by atoms with van der Waals surface area (Å²) in [6.07, 6.45) is -1.20. The number of carbonyl (C=O) groups is 8. The van der Waals surface area contributed by atoms with Crippen LogP contribution in [0.4, 0.5) is 36.4 Å². The maximum absolute atomic E-state index is 12.7. The molecule has 4 aromatic heterocycles. The minimum absolute atomic E-state index is 0.0334. The fourth-order valence-electron chi connectivity index (χ4n) is 15.6. The van der Waals surface area contributed by atoms with Crippen LogP contribution in [0, 0.1) is 27.7 Å². The number of nitrogen functional groups attached to an aromatic ring is 4. The van der Waals surface area contributed by atoms with Crippen LogP contribution in [0.1, 0.15) is 176 Å². The molecule has 0 bridgehead atoms. The van der Waals surface area contributed by atoms with Gasteiger partial charge >= 0.3 is 6.18 Å². The van der Waals surface area contributed by atoms with Crippen LogP contribution < -0.4 is 67.1 Å². The van der Waals surface area contributed by atoms with Gasteiger partial charge in [-0.15, -0.1) is 0 Å². The summed E-state index contributed by atoms with van der Waals surface area (Å²) in [5.74, 6) is -3.23. The standard InChI is InChI=1S/C28H27N5O2.C25H23N5O2.C24H27N5O3.C21H20F3N5O2/c1-17-6-2-4-8-21(17)28(35)31-16-18-10-12-20(13-11-18)25-24(27(30)34)26(29)33(32-25)23-15-14-19-7-3-5-9-22(19)23;1-16-7-5-6-10-20(16)25(32)28-15-17-11-13-18(14-12-17)22-21(24(27)31)23(26)30(29-22)19-8-3-2-4-9-19;1-14-4-2-3-5-19(14)24(32)27-13-15-6-8-16(9-7-15)21-20(23(26)31)22(25)29(28-21)17-10-11-18(30)12-17;1-12-4-2-3-5-15(12)20(31)27-10-13-6-8-14(9-7-13)17-16(19(26)30)18(25)29(28-17)11-21(22,23)24/h2-13,23H,14-16,29H2,1H3,(H2,30,34)(H,31,35);2-14H,15,26H2,1H3,(H2,27,31)(H,28,32);2-9,17-18,30H,10-13,25H2,1H3,(H2,26,31)(H,27,32);2-9H,10-11,25H2,1H3,(H2,26,30)(H,27,31). The molecule has 0 radical (unpaired) electrons. The molecule has 10 aromatic carbocycles. The van der Waals surface area contributed by atoms with Crippen molar-refractivity contribution < 1.29 is 56.6 Å². The molecular formula is C98H97F3N20O9. The first-order valence-electron chi connectivity index (χ1n) is 41.6. The Labute approximate surface area is 746 Å². The third-order valence-corrected chi connectivity index (χ3v) is 22.5. The fraction of sp³-hybridized carbons (Fsp3) is 0.184. The number of aliphatic hydroxyl groups excluding tert-OH is 1. The van der Waals surface area contributed by atoms with Crippen LogP contribution >= 0.6 is 0 Å². The molecule has 21 N–H and O–H groups in total. The number of hydrogen-bond donors (Lipinski definition) is 13. The average Bonchev–Trinajstić information content (AvgIpc) is 1.58. The Morgan fingerprint density at radius 3 is 1.06 bits per heavy atom. The molecule has 3 unspecified atom stereocenters. The van der Waals surface area contributed by atoms with Crippen LogP contribution in [0.5, 0.6) is 0 Å². The van der Waals surface area contributed by atoms with Gasteiger partial charge in [0.1, 0.15) is 74.8 Å². The molecule has 29 nitrogen and oxygen atoms in total. The van der Waals surface area contributed by atoms with Crippen molar-refractivity contribution in [2.24, 2.45) is 22.9 Å². The Morgan fingerprint density at radius 1 is 0.377 bits per heavy atom. The van der Waals surface area contributed by atoms with E-state index in [1.165, 1.54) is 15.8 Å². The lowest BCUT2D eigenvalue weighted by molar-refractivity contribution is -0.142. The summed E-state index contributed by atoms with van der Waals surface area (Å²) in [5.41, 5.74) is 63.6. The normalized spacial score (nSPS) is 13.6. The number of nitrogens with one attached hydrogen (secondary N) is 4. The van der Waals surface area contributed by atoms with Gasteiger partial charge in [-0.25, -0.2) is 18.7 Å². The number of alkyl halides is 3. The van der Waals surface area contributed by atoms with Crippen molar-refractivity contribution in [3.05, 3.63) is 349 Å². The van der Waals surface area contributed by atoms with Crippen molar-refractivity contribution in [3.8, 4) is 50.7 Å². The summed E-state index contributed by atoms with van der Waals surface area (Å²) in [5, 5.41) is 39.2. The zero-order valence-electron chi connectivity index (χ0n) is 71.5. The van der Waals surface area contributed by atoms with Crippen molar-refractivity contribution in [1.82, 2.24) is 60.4 Å². The van der Waals surface area contributed by atoms with E-state index in [9.17, 15) is 56.6 Å². The SMILES string of the molecule is Cc1ccccc1C(=O)NCc1ccc(-c2nn(-c3ccccc3)c(N)c2C(N)=O)cc1.Cc1ccccc1C(=O)NCc1ccc(-c2nn(C3CCC(O)C3)c(N)c2C(N)=O)cc1.Cc1ccccc1C(=O)NCc1ccc(-c2nn(C3CCc4ccccc43)c(N)c2C(N)=O)cc1.Cc1ccccc1C(=O)NCc1ccc(-c2nn(CC(F)(F)F)c(N)c2C(N)=O)cc1. The van der Waals surface area contributed by atoms with Gasteiger partial charge in [0.15, 0.2) is 0 Å². The van der Waals surface area contributed by atoms with Gasteiger partial charge in [0.25, 0.3) is 47.3 Å². The molecule has 4 heterocycles. The van der Waals surface area contributed by atoms with Gasteiger partial charge in [-0.05, 0) is 152 Å². The highest BCUT2D eigenvalue weighted by Crippen LogP contribution is 2.41. The van der Waals surface area contributed by atoms with E-state index in [1.54, 1.807) is 57.9 Å². The highest BCUT2D eigenvalue weighted by Gasteiger charge is 2.35. The lowest BCUT2D eigenvalue weighted by atomic mass is 10.0. The average molecular weight is 1760 g/mol. The highest BCUT2D eigenvalue weighted by molar-refractivity contribution is 6.06. The molecule has 130 heavy (non-hydrogen) atoms. The van der Waals surface area contributed by atoms with Gasteiger partial charge in [0.2, 0.25) is 0 Å². The topological polar surface area (TPSA) is 484 Å². The summed E-state index contributed by atoms with van der Waals surface area (Å²) in [6, 6.07) is 75.8. The van der Waals surface area contributed by atoms with E-state index in [1.807, 2.05) is 216 Å². The number of anilines is 4. The third kappa shape index (κ3) is 21.3. The van der Waals surface area contributed by atoms with Gasteiger partial charge in [-0.2, -0.15) is 33.6 Å². The monoisotopic (exact) mass is 1750 g/mol. The fourth-order valence-corrected chi connectivity index (χ4v) is 15.6. The van der Waals surface area contributed by atoms with Crippen molar-refractivity contribution in [2.75, 3.05) is 22.9 Å². The number of halogens is 3. The molecule has 16 rings (SSSR count). The van der Waals surface area contributed by atoms with Crippen molar-refractivity contribution in [3.63, 3.8) is 0 Å². The first-order chi connectivity index (χ1) is 62.3. The number of aromatic nitrogens is 8. The summed E-state index contributed by atoms with van der Waals surface area (Å²) < 4.78 is 43.6. The molecule has 14 aromatic rings. The molecule has 32 heteroatoms. The number of aliphatic hydroxyl groups is 1. The number of aryl methyl sites for hydroxylation is 5. The van der Waals surface area contributed by atoms with Crippen LogP contribution in [0.3, 0.4) is 0 Å². The van der Waals surface area contributed by atoms with E-state index in [-0.39, 0.29) is 87.7 Å². The van der Waals surface area contributed by atoms with Gasteiger partial charge in [0.05, 0.1) is 23.9 Å². The zero-order chi connectivity index (χ0) is 92.8. The molecule has 1 saturated carbocycles. The predicted octanol–water partition coefficient (Wildman–Crippen LogP) is 13.1. The van der Waals surface area contributed by atoms with Crippen molar-refractivity contribution in [1.29, 1.82) is 0 Å². The van der Waals surface area contributed by atoms with Gasteiger partial charge in [-0.3, -0.25) is 38.4 Å². The van der Waals surface area contributed by atoms with Crippen LogP contribution in [0.2, 0.25) is 0 Å². The molecule has 0 aliphatic heterocycles. The number of nitrogens with zero attached hydrogens (tertiary/aromatic N) is 8. The Hall–Kier alpha value is -16.3. The highest BCUT2D eigenvalue weighted by atomic mass is 19.4. The summed E-state index contributed by atoms with van der Waals surface area (Å²) in [6.45, 7) is 7.47. The van der Waals surface area contributed by atoms with E-state index in [0.29, 0.717) is 93.2 Å². The first kappa shape index (κ1) is 91.4. The van der Waals surface area contributed by atoms with E-state index in [0.717, 1.165) is 75.0 Å². The van der Waals surface area contributed by atoms with Crippen LogP contribution in [0.15, 0.2) is 249 Å². The maximum Gasteiger partial charge on any atom is 0.408 e. The van der Waals surface area contributed by atoms with E-state index < -0.39 is 48.3 Å². The van der Waals surface area contributed by atoms with Crippen molar-refractivity contribution >= 4 is 70.5 Å². The molecular weight excluding hydrogens is 1660 g/mol. The first-order valence-corrected chi connectivity index (χ1v) is 41.6. The largest absolute Gasteiger partial charge is 0.408 e. The lowest BCUT2D eigenvalue weighted by Gasteiger charge is -2.14. The quantitative estimate of drug-likeness (QED) is 0.0267. The molecule has 0 spiro atoms. The van der Waals surface area contributed by atoms with Gasteiger partial charge in [-0.1, -0.05) is 212 Å². The smallest absolute Gasteiger partial charge is 0.393 e. The second-order valence-electron chi connectivity index (χ2n) is 31.5. The minimum Gasteiger partial charge on any atom is -0.393 e. The van der Waals surface area contributed by atoms with E-state index in [4.69, 9.17) is 51.0 Å². The number of amides is 8. The Morgan fingerprint density at radius 2 is 0.700 bits per heavy atom. The summed E-state index contributed by atoms with van der Waals surface area (Å²) >= 11 is 0. The number of hydrogen-bond acceptors (Lipinski definition) is 17. The molecule has 2 aliphatic rings. The minimum atomic E-state index is -4.56. The molecule has 664 valence electrons. The number of carbonyl (C=O) groups excluding carboxylic acids is 8. The third-order valence-electron chi connectivity index (χ3n) is 22.5. The van der Waals surface area contributed by atoms with Crippen LogP contribution in [-0.2, 0) is 39.1 Å². The summed E-state index contributed by atoms with van der Waals surface area (Å²) in [4.78, 5) is 98.0. The molecule has 2 aliphatic carbocycles. The molecule has 8 amide bonds. The lowest BCUT2D eigenvalue weighted by Crippen LogP contribution is -2.23. The number of rotatable bonds is 24.